The van der Waals surface area contributed by atoms with Crippen molar-refractivity contribution >= 4 is 34.8 Å². The summed E-state index contributed by atoms with van der Waals surface area (Å²) in [6.45, 7) is 3.04. The zero-order chi connectivity index (χ0) is 28.2. The lowest BCUT2D eigenvalue weighted by Gasteiger charge is -2.17. The Morgan fingerprint density at radius 1 is 1.07 bits per heavy atom. The van der Waals surface area contributed by atoms with E-state index in [2.05, 4.69) is 20.6 Å². The predicted octanol–water partition coefficient (Wildman–Crippen LogP) is 4.36. The van der Waals surface area contributed by atoms with Crippen LogP contribution >= 0.6 is 11.3 Å². The summed E-state index contributed by atoms with van der Waals surface area (Å²) in [5.74, 6) is -1.74. The lowest BCUT2D eigenvalue weighted by atomic mass is 9.93. The molecule has 204 valence electrons. The molecule has 0 atom stereocenters. The molecule has 0 aliphatic carbocycles. The van der Waals surface area contributed by atoms with Crippen LogP contribution in [0.1, 0.15) is 55.9 Å². The molecule has 1 aromatic carbocycles. The number of nitrogens with one attached hydrogen (secondary N) is 2. The minimum Gasteiger partial charge on any atom is -0.493 e. The average molecular weight is 558 g/mol. The molecule has 0 fully saturated rings. The molecule has 40 heavy (non-hydrogen) atoms. The number of carboxylic acids is 1. The van der Waals surface area contributed by atoms with Gasteiger partial charge in [-0.25, -0.2) is 9.78 Å². The highest BCUT2D eigenvalue weighted by atomic mass is 32.1. The first-order valence-corrected chi connectivity index (χ1v) is 13.6. The number of hydrogen-bond acceptors (Lipinski definition) is 8. The van der Waals surface area contributed by atoms with Gasteiger partial charge in [-0.05, 0) is 59.8 Å². The Kier molecular flexibility index (Phi) is 7.85. The molecule has 0 bridgehead atoms. The number of aromatic carboxylic acids is 1. The van der Waals surface area contributed by atoms with Crippen LogP contribution in [0.15, 0.2) is 54.0 Å². The number of anilines is 1. The number of pyridine rings is 2. The fourth-order valence-electron chi connectivity index (χ4n) is 4.44. The molecule has 0 saturated carbocycles. The number of ether oxygens (including phenoxy) is 1. The maximum Gasteiger partial charge on any atom is 0.355 e. The summed E-state index contributed by atoms with van der Waals surface area (Å²) in [5.41, 5.74) is 8.96. The van der Waals surface area contributed by atoms with Gasteiger partial charge in [0, 0.05) is 46.6 Å². The largest absolute Gasteiger partial charge is 0.493 e. The van der Waals surface area contributed by atoms with Gasteiger partial charge in [0.2, 0.25) is 0 Å². The lowest BCUT2D eigenvalue weighted by Crippen LogP contribution is -2.25. The molecule has 2 amide bonds. The Morgan fingerprint density at radius 3 is 2.65 bits per heavy atom. The Balaban J connectivity index is 1.65. The van der Waals surface area contributed by atoms with E-state index in [1.54, 1.807) is 35.6 Å². The third-order valence-electron chi connectivity index (χ3n) is 6.43. The van der Waals surface area contributed by atoms with E-state index in [4.69, 9.17) is 10.5 Å². The van der Waals surface area contributed by atoms with Crippen molar-refractivity contribution in [2.45, 2.75) is 26.3 Å². The Labute approximate surface area is 234 Å². The predicted molar refractivity (Wildman–Crippen MR) is 152 cm³/mol. The molecular weight excluding hydrogens is 530 g/mol. The minimum absolute atomic E-state index is 0.0269. The van der Waals surface area contributed by atoms with Crippen LogP contribution in [0, 0.1) is 0 Å². The average Bonchev–Trinajstić information content (AvgIpc) is 3.37. The van der Waals surface area contributed by atoms with Crippen molar-refractivity contribution in [3.8, 4) is 27.3 Å². The molecule has 5 rings (SSSR count). The first-order chi connectivity index (χ1) is 19.4. The summed E-state index contributed by atoms with van der Waals surface area (Å²) in [5, 5.41) is 17.6. The zero-order valence-corrected chi connectivity index (χ0v) is 22.5. The maximum atomic E-state index is 13.7. The minimum atomic E-state index is -1.33. The molecule has 1 aliphatic heterocycles. The third kappa shape index (κ3) is 5.42. The van der Waals surface area contributed by atoms with E-state index in [9.17, 15) is 19.5 Å². The van der Waals surface area contributed by atoms with Crippen molar-refractivity contribution in [1.82, 2.24) is 15.3 Å². The lowest BCUT2D eigenvalue weighted by molar-refractivity contribution is 0.0691. The molecule has 0 spiro atoms. The number of hydrogen-bond donors (Lipinski definition) is 4. The second-order valence-electron chi connectivity index (χ2n) is 9.12. The number of aromatic nitrogens is 2. The van der Waals surface area contributed by atoms with Gasteiger partial charge in [-0.2, -0.15) is 0 Å². The van der Waals surface area contributed by atoms with E-state index in [0.717, 1.165) is 22.4 Å². The van der Waals surface area contributed by atoms with Crippen LogP contribution in [-0.4, -0.2) is 46.0 Å². The molecule has 0 saturated heterocycles. The van der Waals surface area contributed by atoms with Crippen LogP contribution < -0.4 is 21.1 Å². The second-order valence-corrected chi connectivity index (χ2v) is 10.0. The van der Waals surface area contributed by atoms with Crippen LogP contribution in [-0.2, 0) is 13.0 Å². The van der Waals surface area contributed by atoms with Gasteiger partial charge in [-0.3, -0.25) is 14.6 Å². The Morgan fingerprint density at radius 2 is 1.93 bits per heavy atom. The highest BCUT2D eigenvalue weighted by molar-refractivity contribution is 7.13. The Bertz CT molecular complexity index is 1600. The van der Waals surface area contributed by atoms with Gasteiger partial charge in [0.25, 0.3) is 11.8 Å². The van der Waals surface area contributed by atoms with E-state index < -0.39 is 17.8 Å². The number of nitrogens with zero attached hydrogens (tertiary/aromatic N) is 2. The molecular formula is C29H27N5O5S. The van der Waals surface area contributed by atoms with E-state index in [0.29, 0.717) is 42.3 Å². The highest BCUT2D eigenvalue weighted by Crippen LogP contribution is 2.43. The monoisotopic (exact) mass is 557 g/mol. The topological polar surface area (TPSA) is 157 Å². The van der Waals surface area contributed by atoms with E-state index in [1.807, 2.05) is 18.4 Å². The smallest absolute Gasteiger partial charge is 0.355 e. The van der Waals surface area contributed by atoms with Crippen molar-refractivity contribution in [2.75, 3.05) is 18.5 Å². The van der Waals surface area contributed by atoms with Crippen LogP contribution in [0.25, 0.3) is 21.6 Å². The summed E-state index contributed by atoms with van der Waals surface area (Å²) < 4.78 is 6.06. The van der Waals surface area contributed by atoms with Gasteiger partial charge < -0.3 is 26.2 Å². The van der Waals surface area contributed by atoms with Gasteiger partial charge >= 0.3 is 5.97 Å². The fraction of sp³-hybridized carbons (Fsp3) is 0.207. The Hall–Kier alpha value is -4.61. The third-order valence-corrected chi connectivity index (χ3v) is 7.42. The van der Waals surface area contributed by atoms with Crippen molar-refractivity contribution in [1.29, 1.82) is 0 Å². The van der Waals surface area contributed by atoms with Gasteiger partial charge in [0.05, 0.1) is 24.2 Å². The standard InChI is InChI=1S/C29H27N5O5S/c1-2-9-31-28(36)23-6-5-19(25(34-23)29(37)38)20-13-24-22(26-16(7-10-39-24)8-11-40-26)12-21(20)27(35)33-18-4-3-17(14-30)32-15-18/h3-6,8,11-13,15H,2,7,9-10,14,30H2,1H3,(H,31,36)(H,33,35)(H,37,38). The summed E-state index contributed by atoms with van der Waals surface area (Å²) in [6.07, 6.45) is 2.93. The van der Waals surface area contributed by atoms with E-state index in [-0.39, 0.29) is 29.1 Å². The number of thiophene rings is 1. The molecule has 3 aromatic heterocycles. The summed E-state index contributed by atoms with van der Waals surface area (Å²) in [6, 6.07) is 11.8. The number of amides is 2. The molecule has 1 aliphatic rings. The van der Waals surface area contributed by atoms with Crippen LogP contribution in [0.5, 0.6) is 5.75 Å². The van der Waals surface area contributed by atoms with Crippen molar-refractivity contribution in [3.63, 3.8) is 0 Å². The van der Waals surface area contributed by atoms with E-state index in [1.165, 1.54) is 18.3 Å². The zero-order valence-electron chi connectivity index (χ0n) is 21.7. The highest BCUT2D eigenvalue weighted by Gasteiger charge is 2.26. The number of carbonyl (C=O) groups is 3. The number of benzene rings is 1. The molecule has 4 aromatic rings. The van der Waals surface area contributed by atoms with Gasteiger partial charge in [0.15, 0.2) is 5.69 Å². The SMILES string of the molecule is CCCNC(=O)c1ccc(-c2cc3c(cc2C(=O)Nc2ccc(CN)nc2)-c2sccc2CCO3)c(C(=O)O)n1. The number of carbonyl (C=O) groups excluding carboxylic acids is 2. The number of carboxylic acid groups (broad SMARTS) is 1. The maximum absolute atomic E-state index is 13.7. The molecule has 4 heterocycles. The van der Waals surface area contributed by atoms with Gasteiger partial charge in [-0.1, -0.05) is 6.92 Å². The number of rotatable bonds is 8. The van der Waals surface area contributed by atoms with Gasteiger partial charge in [-0.15, -0.1) is 11.3 Å². The van der Waals surface area contributed by atoms with Crippen LogP contribution in [0.2, 0.25) is 0 Å². The molecule has 0 radical (unpaired) electrons. The van der Waals surface area contributed by atoms with Crippen LogP contribution in [0.3, 0.4) is 0 Å². The first-order valence-electron chi connectivity index (χ1n) is 12.8. The molecule has 5 N–H and O–H groups in total. The van der Waals surface area contributed by atoms with Gasteiger partial charge in [0.1, 0.15) is 11.4 Å². The normalized spacial score (nSPS) is 11.9. The quantitative estimate of drug-likeness (QED) is 0.249. The molecule has 11 heteroatoms. The second kappa shape index (κ2) is 11.6. The van der Waals surface area contributed by atoms with Crippen molar-refractivity contribution in [2.24, 2.45) is 5.73 Å². The van der Waals surface area contributed by atoms with Crippen molar-refractivity contribution in [3.05, 3.63) is 82.3 Å². The summed E-state index contributed by atoms with van der Waals surface area (Å²) in [7, 11) is 0. The van der Waals surface area contributed by atoms with E-state index >= 15 is 0 Å². The molecule has 0 unspecified atom stereocenters. The number of nitrogens with two attached hydrogens (primary N) is 1. The molecule has 10 nitrogen and oxygen atoms in total. The van der Waals surface area contributed by atoms with Crippen molar-refractivity contribution < 1.29 is 24.2 Å². The number of fused-ring (bicyclic) bond motifs is 3. The first kappa shape index (κ1) is 27.0. The summed E-state index contributed by atoms with van der Waals surface area (Å²) >= 11 is 1.55. The fourth-order valence-corrected chi connectivity index (χ4v) is 5.42. The summed E-state index contributed by atoms with van der Waals surface area (Å²) in [4.78, 5) is 48.0. The van der Waals surface area contributed by atoms with Crippen LogP contribution in [0.4, 0.5) is 5.69 Å².